The van der Waals surface area contributed by atoms with Crippen LogP contribution in [0.1, 0.15) is 71.6 Å². The minimum Gasteiger partial charge on any atom is -0.396 e. The number of ether oxygens (including phenoxy) is 1. The standard InChI is InChI=1S/C26H41N3O2/c1-17-8-11-26(16-31-3)18(12-17)4-5-20-21-6-7-23(25(21,2)10-9-22(20)26)24(30)15-29-14-19(27)13-28-29/h13-14,17-18,20-23H,4-12,15-16,27H2,1-3H3. The van der Waals surface area contributed by atoms with Crippen molar-refractivity contribution in [3.8, 4) is 0 Å². The number of hydrogen-bond acceptors (Lipinski definition) is 4. The predicted octanol–water partition coefficient (Wildman–Crippen LogP) is 4.96. The number of hydrogen-bond donors (Lipinski definition) is 1. The number of nitrogens with two attached hydrogens (primary N) is 1. The number of anilines is 1. The van der Waals surface area contributed by atoms with Gasteiger partial charge in [-0.15, -0.1) is 0 Å². The molecule has 8 atom stereocenters. The van der Waals surface area contributed by atoms with E-state index in [2.05, 4.69) is 18.9 Å². The van der Waals surface area contributed by atoms with Crippen LogP contribution in [0, 0.1) is 46.3 Å². The van der Waals surface area contributed by atoms with E-state index in [4.69, 9.17) is 10.5 Å². The Labute approximate surface area is 187 Å². The molecule has 4 aliphatic rings. The highest BCUT2D eigenvalue weighted by atomic mass is 16.5. The Morgan fingerprint density at radius 1 is 1.19 bits per heavy atom. The summed E-state index contributed by atoms with van der Waals surface area (Å²) in [6.45, 7) is 6.20. The first-order valence-corrected chi connectivity index (χ1v) is 12.7. The molecule has 5 rings (SSSR count). The van der Waals surface area contributed by atoms with Crippen molar-refractivity contribution in [1.29, 1.82) is 0 Å². The SMILES string of the molecule is COCC12CCC(C)CC1CCC1C3CCC(C(=O)Cn4cc(N)cn4)C3(C)CCC12. The molecular weight excluding hydrogens is 386 g/mol. The van der Waals surface area contributed by atoms with E-state index in [1.807, 2.05) is 7.11 Å². The molecule has 0 aliphatic heterocycles. The Hall–Kier alpha value is -1.36. The normalized spacial score (nSPS) is 44.4. The zero-order chi connectivity index (χ0) is 21.8. The summed E-state index contributed by atoms with van der Waals surface area (Å²) in [4.78, 5) is 13.4. The Kier molecular flexibility index (Phi) is 5.47. The molecule has 5 nitrogen and oxygen atoms in total. The topological polar surface area (TPSA) is 70.1 Å². The Morgan fingerprint density at radius 2 is 2.03 bits per heavy atom. The van der Waals surface area contributed by atoms with Gasteiger partial charge in [-0.1, -0.05) is 20.3 Å². The van der Waals surface area contributed by atoms with Crippen molar-refractivity contribution in [2.45, 2.75) is 78.2 Å². The highest BCUT2D eigenvalue weighted by Crippen LogP contribution is 2.68. The third kappa shape index (κ3) is 3.37. The summed E-state index contributed by atoms with van der Waals surface area (Å²) in [5.41, 5.74) is 6.98. The van der Waals surface area contributed by atoms with Gasteiger partial charge in [-0.05, 0) is 91.8 Å². The van der Waals surface area contributed by atoms with Crippen LogP contribution in [-0.2, 0) is 16.1 Å². The summed E-state index contributed by atoms with van der Waals surface area (Å²) < 4.78 is 7.64. The van der Waals surface area contributed by atoms with E-state index in [1.54, 1.807) is 17.1 Å². The molecule has 4 fully saturated rings. The molecule has 4 aliphatic carbocycles. The number of nitrogens with zero attached hydrogens (tertiary/aromatic N) is 2. The van der Waals surface area contributed by atoms with E-state index >= 15 is 0 Å². The number of fused-ring (bicyclic) bond motifs is 5. The molecule has 5 heteroatoms. The maximum Gasteiger partial charge on any atom is 0.157 e. The average Bonchev–Trinajstić information content (AvgIpc) is 3.30. The van der Waals surface area contributed by atoms with Crippen molar-refractivity contribution >= 4 is 11.5 Å². The van der Waals surface area contributed by atoms with Crippen molar-refractivity contribution in [2.24, 2.45) is 46.3 Å². The molecule has 0 bridgehead atoms. The van der Waals surface area contributed by atoms with Gasteiger partial charge >= 0.3 is 0 Å². The molecule has 4 saturated carbocycles. The van der Waals surface area contributed by atoms with Crippen molar-refractivity contribution in [1.82, 2.24) is 9.78 Å². The van der Waals surface area contributed by atoms with Gasteiger partial charge in [0.05, 0.1) is 25.0 Å². The van der Waals surface area contributed by atoms with Crippen LogP contribution in [0.5, 0.6) is 0 Å². The molecule has 1 heterocycles. The zero-order valence-corrected chi connectivity index (χ0v) is 19.7. The van der Waals surface area contributed by atoms with Gasteiger partial charge in [0.15, 0.2) is 5.78 Å². The van der Waals surface area contributed by atoms with Gasteiger partial charge < -0.3 is 10.5 Å². The van der Waals surface area contributed by atoms with Gasteiger partial charge in [-0.2, -0.15) is 5.10 Å². The fraction of sp³-hybridized carbons (Fsp3) is 0.846. The lowest BCUT2D eigenvalue weighted by Gasteiger charge is -2.61. The third-order valence-electron chi connectivity index (χ3n) is 10.4. The van der Waals surface area contributed by atoms with Crippen LogP contribution in [-0.4, -0.2) is 29.3 Å². The monoisotopic (exact) mass is 427 g/mol. The number of carbonyl (C=O) groups excluding carboxylic acids is 1. The summed E-state index contributed by atoms with van der Waals surface area (Å²) in [5.74, 6) is 4.49. The molecule has 2 N–H and O–H groups in total. The molecule has 8 unspecified atom stereocenters. The first-order valence-electron chi connectivity index (χ1n) is 12.7. The number of methoxy groups -OCH3 is 1. The van der Waals surface area contributed by atoms with Crippen LogP contribution in [0.15, 0.2) is 12.4 Å². The molecule has 172 valence electrons. The van der Waals surface area contributed by atoms with Crippen molar-refractivity contribution < 1.29 is 9.53 Å². The van der Waals surface area contributed by atoms with Gasteiger partial charge in [0.1, 0.15) is 0 Å². The summed E-state index contributed by atoms with van der Waals surface area (Å²) in [6, 6.07) is 0. The summed E-state index contributed by atoms with van der Waals surface area (Å²) in [5, 5.41) is 4.26. The largest absolute Gasteiger partial charge is 0.396 e. The van der Waals surface area contributed by atoms with Crippen LogP contribution < -0.4 is 5.73 Å². The molecule has 31 heavy (non-hydrogen) atoms. The second kappa shape index (κ2) is 7.90. The van der Waals surface area contributed by atoms with Crippen molar-refractivity contribution in [2.75, 3.05) is 19.5 Å². The third-order valence-corrected chi connectivity index (χ3v) is 10.4. The number of rotatable bonds is 5. The summed E-state index contributed by atoms with van der Waals surface area (Å²) in [6.07, 6.45) is 15.0. The van der Waals surface area contributed by atoms with Crippen LogP contribution in [0.25, 0.3) is 0 Å². The van der Waals surface area contributed by atoms with Gasteiger partial charge in [0, 0.05) is 19.2 Å². The second-order valence-corrected chi connectivity index (χ2v) is 11.8. The fourth-order valence-corrected chi connectivity index (χ4v) is 9.08. The zero-order valence-electron chi connectivity index (χ0n) is 19.7. The molecule has 1 aromatic heterocycles. The van der Waals surface area contributed by atoms with E-state index in [1.165, 1.54) is 51.4 Å². The highest BCUT2D eigenvalue weighted by Gasteiger charge is 2.62. The van der Waals surface area contributed by atoms with Gasteiger partial charge in [0.2, 0.25) is 0 Å². The second-order valence-electron chi connectivity index (χ2n) is 11.8. The molecule has 1 aromatic rings. The lowest BCUT2D eigenvalue weighted by Crippen LogP contribution is -2.56. The van der Waals surface area contributed by atoms with Crippen LogP contribution in [0.3, 0.4) is 0 Å². The van der Waals surface area contributed by atoms with Crippen molar-refractivity contribution in [3.63, 3.8) is 0 Å². The molecule has 0 radical (unpaired) electrons. The minimum absolute atomic E-state index is 0.153. The number of aromatic nitrogens is 2. The number of carbonyl (C=O) groups is 1. The van der Waals surface area contributed by atoms with E-state index in [0.29, 0.717) is 29.3 Å². The molecule has 0 saturated heterocycles. The predicted molar refractivity (Wildman–Crippen MR) is 122 cm³/mol. The Morgan fingerprint density at radius 3 is 2.77 bits per heavy atom. The number of Topliss-reactive ketones (excluding diaryl/α,β-unsaturated/α-hetero) is 1. The van der Waals surface area contributed by atoms with E-state index < -0.39 is 0 Å². The van der Waals surface area contributed by atoms with Gasteiger partial charge in [-0.3, -0.25) is 9.48 Å². The lowest BCUT2D eigenvalue weighted by atomic mass is 9.44. The molecular formula is C26H41N3O2. The Bertz CT molecular complexity index is 821. The van der Waals surface area contributed by atoms with E-state index in [-0.39, 0.29) is 11.3 Å². The fourth-order valence-electron chi connectivity index (χ4n) is 9.08. The first kappa shape index (κ1) is 21.5. The van der Waals surface area contributed by atoms with Crippen LogP contribution in [0.4, 0.5) is 5.69 Å². The maximum atomic E-state index is 13.4. The number of ketones is 1. The van der Waals surface area contributed by atoms with Crippen LogP contribution >= 0.6 is 0 Å². The molecule has 0 spiro atoms. The van der Waals surface area contributed by atoms with Gasteiger partial charge in [-0.25, -0.2) is 0 Å². The molecule has 0 aromatic carbocycles. The first-order chi connectivity index (χ1) is 14.9. The number of nitrogen functional groups attached to an aromatic ring is 1. The van der Waals surface area contributed by atoms with E-state index in [9.17, 15) is 4.79 Å². The summed E-state index contributed by atoms with van der Waals surface area (Å²) in [7, 11) is 1.91. The minimum atomic E-state index is 0.153. The Balaban J connectivity index is 1.37. The van der Waals surface area contributed by atoms with E-state index in [0.717, 1.165) is 36.7 Å². The highest BCUT2D eigenvalue weighted by molar-refractivity contribution is 5.82. The lowest BCUT2D eigenvalue weighted by molar-refractivity contribution is -0.154. The average molecular weight is 428 g/mol. The quantitative estimate of drug-likeness (QED) is 0.721. The van der Waals surface area contributed by atoms with Crippen LogP contribution in [0.2, 0.25) is 0 Å². The van der Waals surface area contributed by atoms with Gasteiger partial charge in [0.25, 0.3) is 0 Å². The summed E-state index contributed by atoms with van der Waals surface area (Å²) >= 11 is 0. The molecule has 0 amide bonds. The smallest absolute Gasteiger partial charge is 0.157 e. The maximum absolute atomic E-state index is 13.4. The van der Waals surface area contributed by atoms with Crippen molar-refractivity contribution in [3.05, 3.63) is 12.4 Å².